The summed E-state index contributed by atoms with van der Waals surface area (Å²) in [4.78, 5) is 0. The van der Waals surface area contributed by atoms with E-state index in [0.29, 0.717) is 0 Å². The molecule has 2 aromatic rings. The Morgan fingerprint density at radius 1 is 1.31 bits per heavy atom. The van der Waals surface area contributed by atoms with Crippen LogP contribution in [0.15, 0.2) is 35.1 Å². The van der Waals surface area contributed by atoms with Crippen molar-refractivity contribution in [2.75, 3.05) is 0 Å². The van der Waals surface area contributed by atoms with Crippen molar-refractivity contribution in [2.24, 2.45) is 0 Å². The van der Waals surface area contributed by atoms with Crippen LogP contribution in [0.3, 0.4) is 0 Å². The lowest BCUT2D eigenvalue weighted by Gasteiger charge is -2.02. The van der Waals surface area contributed by atoms with Crippen LogP contribution < -0.4 is 4.73 Å². The van der Waals surface area contributed by atoms with Gasteiger partial charge in [0.1, 0.15) is 0 Å². The Kier molecular flexibility index (Phi) is 1.96. The molecule has 0 amide bonds. The third-order valence-electron chi connectivity index (χ3n) is 2.03. The lowest BCUT2D eigenvalue weighted by molar-refractivity contribution is -0.604. The number of aryl methyl sites for hydroxylation is 1. The zero-order chi connectivity index (χ0) is 9.42. The minimum atomic E-state index is 0.839. The molecule has 0 bridgehead atoms. The molecule has 0 N–H and O–H groups in total. The van der Waals surface area contributed by atoms with Gasteiger partial charge in [0.05, 0.1) is 0 Å². The Labute approximate surface area is 84.5 Å². The van der Waals surface area contributed by atoms with E-state index in [4.69, 9.17) is 0 Å². The number of benzene rings is 1. The van der Waals surface area contributed by atoms with Crippen molar-refractivity contribution in [2.45, 2.75) is 6.92 Å². The monoisotopic (exact) mass is 237 g/mol. The molecule has 0 radical (unpaired) electrons. The van der Waals surface area contributed by atoms with E-state index in [1.165, 1.54) is 0 Å². The van der Waals surface area contributed by atoms with E-state index in [1.54, 1.807) is 12.4 Å². The van der Waals surface area contributed by atoms with Gasteiger partial charge in [-0.3, -0.25) is 0 Å². The molecule has 1 aromatic heterocycles. The lowest BCUT2D eigenvalue weighted by Crippen LogP contribution is -2.24. The standard InChI is InChI=1S/C10H8BrNO/c1-7-5-12(13)6-8-2-3-9(11)4-10(7)8/h2-6H,1H3. The smallest absolute Gasteiger partial charge is 0.188 e. The zero-order valence-corrected chi connectivity index (χ0v) is 8.71. The molecule has 1 aromatic carbocycles. The van der Waals surface area contributed by atoms with Crippen molar-refractivity contribution in [1.82, 2.24) is 0 Å². The summed E-state index contributed by atoms with van der Waals surface area (Å²) in [7, 11) is 0. The number of nitrogens with zero attached hydrogens (tertiary/aromatic N) is 1. The summed E-state index contributed by atoms with van der Waals surface area (Å²) in [5.41, 5.74) is 0.994. The van der Waals surface area contributed by atoms with Gasteiger partial charge in [0.2, 0.25) is 0 Å². The van der Waals surface area contributed by atoms with Crippen LogP contribution in [0.25, 0.3) is 10.8 Å². The maximum atomic E-state index is 11.1. The molecule has 0 spiro atoms. The molecule has 0 unspecified atom stereocenters. The fourth-order valence-electron chi connectivity index (χ4n) is 1.42. The number of rotatable bonds is 0. The summed E-state index contributed by atoms with van der Waals surface area (Å²) in [6, 6.07) is 5.88. The Morgan fingerprint density at radius 2 is 2.08 bits per heavy atom. The van der Waals surface area contributed by atoms with Gasteiger partial charge in [-0.15, -0.1) is 0 Å². The number of fused-ring (bicyclic) bond motifs is 1. The minimum Gasteiger partial charge on any atom is -0.619 e. The van der Waals surface area contributed by atoms with Crippen LogP contribution in [-0.2, 0) is 0 Å². The Bertz CT molecular complexity index is 468. The molecule has 1 heterocycles. The first-order chi connectivity index (χ1) is 6.16. The van der Waals surface area contributed by atoms with Gasteiger partial charge in [-0.1, -0.05) is 15.9 Å². The molecular formula is C10H8BrNO. The Hall–Kier alpha value is -1.09. The zero-order valence-electron chi connectivity index (χ0n) is 7.12. The van der Waals surface area contributed by atoms with Crippen LogP contribution in [0.4, 0.5) is 0 Å². The van der Waals surface area contributed by atoms with E-state index < -0.39 is 0 Å². The largest absolute Gasteiger partial charge is 0.619 e. The predicted octanol–water partition coefficient (Wildman–Crippen LogP) is 2.54. The van der Waals surface area contributed by atoms with Crippen LogP contribution in [-0.4, -0.2) is 0 Å². The van der Waals surface area contributed by atoms with Crippen molar-refractivity contribution < 1.29 is 4.73 Å². The summed E-state index contributed by atoms with van der Waals surface area (Å²) in [6.45, 7) is 1.93. The first-order valence-electron chi connectivity index (χ1n) is 3.95. The molecule has 66 valence electrons. The molecule has 0 saturated heterocycles. The van der Waals surface area contributed by atoms with Gasteiger partial charge in [0, 0.05) is 15.4 Å². The number of hydrogen-bond acceptors (Lipinski definition) is 1. The predicted molar refractivity (Wildman–Crippen MR) is 55.3 cm³/mol. The second kappa shape index (κ2) is 3.00. The van der Waals surface area contributed by atoms with E-state index >= 15 is 0 Å². The quantitative estimate of drug-likeness (QED) is 0.511. The third-order valence-corrected chi connectivity index (χ3v) is 2.52. The van der Waals surface area contributed by atoms with Crippen molar-refractivity contribution in [3.8, 4) is 0 Å². The molecule has 0 aliphatic rings. The maximum Gasteiger partial charge on any atom is 0.188 e. The molecule has 2 nitrogen and oxygen atoms in total. The molecule has 0 saturated carbocycles. The number of pyridine rings is 1. The van der Waals surface area contributed by atoms with Gasteiger partial charge in [0.15, 0.2) is 12.4 Å². The first kappa shape index (κ1) is 8.51. The molecule has 13 heavy (non-hydrogen) atoms. The Balaban J connectivity index is 2.87. The fourth-order valence-corrected chi connectivity index (χ4v) is 1.78. The second-order valence-corrected chi connectivity index (χ2v) is 3.95. The summed E-state index contributed by atoms with van der Waals surface area (Å²) < 4.78 is 1.87. The van der Waals surface area contributed by atoms with Crippen molar-refractivity contribution >= 4 is 26.7 Å². The Morgan fingerprint density at radius 3 is 2.85 bits per heavy atom. The van der Waals surface area contributed by atoms with Crippen LogP contribution in [0.5, 0.6) is 0 Å². The van der Waals surface area contributed by atoms with Crippen molar-refractivity contribution in [1.29, 1.82) is 0 Å². The fraction of sp³-hybridized carbons (Fsp3) is 0.100. The highest BCUT2D eigenvalue weighted by Crippen LogP contribution is 2.20. The minimum absolute atomic E-state index is 0.839. The van der Waals surface area contributed by atoms with Gasteiger partial charge in [-0.05, 0) is 30.5 Å². The molecule has 0 aliphatic heterocycles. The van der Waals surface area contributed by atoms with E-state index in [0.717, 1.165) is 25.5 Å². The summed E-state index contributed by atoms with van der Waals surface area (Å²) in [5.74, 6) is 0. The molecule has 0 aliphatic carbocycles. The molecule has 2 rings (SSSR count). The van der Waals surface area contributed by atoms with Crippen molar-refractivity contribution in [3.05, 3.63) is 45.8 Å². The van der Waals surface area contributed by atoms with Crippen molar-refractivity contribution in [3.63, 3.8) is 0 Å². The van der Waals surface area contributed by atoms with Gasteiger partial charge in [0.25, 0.3) is 0 Å². The van der Waals surface area contributed by atoms with Crippen LogP contribution in [0, 0.1) is 12.1 Å². The summed E-state index contributed by atoms with van der Waals surface area (Å²) in [6.07, 6.45) is 3.16. The molecule has 0 atom stereocenters. The average molecular weight is 238 g/mol. The third kappa shape index (κ3) is 1.52. The molecule has 3 heteroatoms. The SMILES string of the molecule is Cc1c[n+]([O-])cc2ccc(Br)cc12. The van der Waals surface area contributed by atoms with E-state index in [-0.39, 0.29) is 0 Å². The number of aromatic nitrogens is 1. The molecule has 0 fully saturated rings. The van der Waals surface area contributed by atoms with E-state index in [1.807, 2.05) is 25.1 Å². The molecular weight excluding hydrogens is 230 g/mol. The maximum absolute atomic E-state index is 11.1. The van der Waals surface area contributed by atoms with Crippen LogP contribution in [0.2, 0.25) is 0 Å². The number of halogens is 1. The highest BCUT2D eigenvalue weighted by molar-refractivity contribution is 9.10. The normalized spacial score (nSPS) is 10.6. The van der Waals surface area contributed by atoms with Gasteiger partial charge in [-0.25, -0.2) is 0 Å². The second-order valence-electron chi connectivity index (χ2n) is 3.03. The van der Waals surface area contributed by atoms with Crippen LogP contribution >= 0.6 is 15.9 Å². The highest BCUT2D eigenvalue weighted by Gasteiger charge is 2.02. The van der Waals surface area contributed by atoms with Gasteiger partial charge >= 0.3 is 0 Å². The summed E-state index contributed by atoms with van der Waals surface area (Å²) >= 11 is 3.40. The van der Waals surface area contributed by atoms with Gasteiger partial charge in [-0.2, -0.15) is 4.73 Å². The van der Waals surface area contributed by atoms with E-state index in [9.17, 15) is 5.21 Å². The highest BCUT2D eigenvalue weighted by atomic mass is 79.9. The first-order valence-corrected chi connectivity index (χ1v) is 4.75. The topological polar surface area (TPSA) is 26.9 Å². The lowest BCUT2D eigenvalue weighted by atomic mass is 10.1. The van der Waals surface area contributed by atoms with E-state index in [2.05, 4.69) is 15.9 Å². The van der Waals surface area contributed by atoms with Gasteiger partial charge < -0.3 is 5.21 Å². The van der Waals surface area contributed by atoms with Crippen LogP contribution in [0.1, 0.15) is 5.56 Å². The average Bonchev–Trinajstić information content (AvgIpc) is 2.06. The summed E-state index contributed by atoms with van der Waals surface area (Å²) in [5, 5.41) is 13.2. The number of hydrogen-bond donors (Lipinski definition) is 0.